The molecule has 6 heteroatoms. The van der Waals surface area contributed by atoms with Gasteiger partial charge in [0.2, 0.25) is 9.05 Å². The maximum atomic E-state index is 10.7. The highest BCUT2D eigenvalue weighted by Gasteiger charge is 2.11. The Balaban J connectivity index is 2.81. The van der Waals surface area contributed by atoms with Crippen LogP contribution in [0.25, 0.3) is 0 Å². The highest BCUT2D eigenvalue weighted by atomic mass is 35.7. The van der Waals surface area contributed by atoms with Gasteiger partial charge in [0, 0.05) is 27.7 Å². The normalized spacial score (nSPS) is 12.3. The van der Waals surface area contributed by atoms with Crippen LogP contribution in [0.15, 0.2) is 6.20 Å². The quantitative estimate of drug-likeness (QED) is 0.761. The molecule has 0 saturated carbocycles. The van der Waals surface area contributed by atoms with E-state index < -0.39 is 9.05 Å². The summed E-state index contributed by atoms with van der Waals surface area (Å²) in [4.78, 5) is 4.79. The Morgan fingerprint density at radius 3 is 2.62 bits per heavy atom. The SMILES string of the molecule is CC(C)c1ncc(CS(=O)(=O)Cl)s1. The smallest absolute Gasteiger partial charge is 0.237 e. The average Bonchev–Trinajstić information content (AvgIpc) is 2.31. The van der Waals surface area contributed by atoms with Crippen LogP contribution in [0.2, 0.25) is 0 Å². The average molecular weight is 240 g/mol. The van der Waals surface area contributed by atoms with E-state index in [4.69, 9.17) is 10.7 Å². The molecule has 74 valence electrons. The number of thiazole rings is 1. The molecule has 1 aromatic rings. The summed E-state index contributed by atoms with van der Waals surface area (Å²) in [5.74, 6) is 0.204. The molecule has 0 fully saturated rings. The van der Waals surface area contributed by atoms with Crippen molar-refractivity contribution < 1.29 is 8.42 Å². The molecule has 13 heavy (non-hydrogen) atoms. The van der Waals surface area contributed by atoms with E-state index in [-0.39, 0.29) is 5.75 Å². The van der Waals surface area contributed by atoms with E-state index in [0.29, 0.717) is 10.8 Å². The lowest BCUT2D eigenvalue weighted by molar-refractivity contribution is 0.609. The van der Waals surface area contributed by atoms with Crippen LogP contribution in [0.1, 0.15) is 29.7 Å². The van der Waals surface area contributed by atoms with Gasteiger partial charge in [-0.1, -0.05) is 13.8 Å². The van der Waals surface area contributed by atoms with E-state index in [9.17, 15) is 8.42 Å². The van der Waals surface area contributed by atoms with Crippen LogP contribution in [0.5, 0.6) is 0 Å². The minimum absolute atomic E-state index is 0.126. The Morgan fingerprint density at radius 2 is 2.23 bits per heavy atom. The van der Waals surface area contributed by atoms with Gasteiger partial charge < -0.3 is 0 Å². The van der Waals surface area contributed by atoms with Crippen LogP contribution in [-0.2, 0) is 14.8 Å². The van der Waals surface area contributed by atoms with Crippen LogP contribution >= 0.6 is 22.0 Å². The molecule has 0 aliphatic heterocycles. The first-order chi connectivity index (χ1) is 5.88. The molecule has 1 aromatic heterocycles. The second-order valence-corrected chi connectivity index (χ2v) is 6.93. The molecule has 0 aliphatic rings. The van der Waals surface area contributed by atoms with Gasteiger partial charge >= 0.3 is 0 Å². The Bertz CT molecular complexity index is 383. The molecule has 0 N–H and O–H groups in total. The van der Waals surface area contributed by atoms with Gasteiger partial charge in [0.15, 0.2) is 0 Å². The first-order valence-electron chi connectivity index (χ1n) is 3.75. The number of aromatic nitrogens is 1. The van der Waals surface area contributed by atoms with E-state index in [1.807, 2.05) is 13.8 Å². The Morgan fingerprint density at radius 1 is 1.62 bits per heavy atom. The molecular formula is C7H10ClNO2S2. The minimum atomic E-state index is -3.45. The van der Waals surface area contributed by atoms with Crippen molar-refractivity contribution in [1.82, 2.24) is 4.98 Å². The predicted molar refractivity (Wildman–Crippen MR) is 54.7 cm³/mol. The summed E-state index contributed by atoms with van der Waals surface area (Å²) < 4.78 is 21.4. The monoisotopic (exact) mass is 239 g/mol. The van der Waals surface area contributed by atoms with Crippen molar-refractivity contribution in [3.05, 3.63) is 16.1 Å². The Kier molecular flexibility index (Phi) is 3.32. The van der Waals surface area contributed by atoms with Gasteiger partial charge in [-0.15, -0.1) is 11.3 Å². The van der Waals surface area contributed by atoms with Gasteiger partial charge in [0.05, 0.1) is 5.01 Å². The summed E-state index contributed by atoms with van der Waals surface area (Å²) in [7, 11) is 1.66. The van der Waals surface area contributed by atoms with E-state index in [2.05, 4.69) is 4.98 Å². The fraction of sp³-hybridized carbons (Fsp3) is 0.571. The van der Waals surface area contributed by atoms with Gasteiger partial charge in [-0.3, -0.25) is 0 Å². The number of halogens is 1. The van der Waals surface area contributed by atoms with Gasteiger partial charge in [0.25, 0.3) is 0 Å². The zero-order chi connectivity index (χ0) is 10.1. The van der Waals surface area contributed by atoms with Crippen LogP contribution in [0, 0.1) is 0 Å². The van der Waals surface area contributed by atoms with Crippen molar-refractivity contribution in [2.24, 2.45) is 0 Å². The standard InChI is InChI=1S/C7H10ClNO2S2/c1-5(2)7-9-3-6(12-7)4-13(8,10)11/h3,5H,4H2,1-2H3. The molecule has 1 heterocycles. The Hall–Kier alpha value is -0.130. The molecule has 0 aromatic carbocycles. The molecule has 0 atom stereocenters. The second-order valence-electron chi connectivity index (χ2n) is 3.00. The summed E-state index contributed by atoms with van der Waals surface area (Å²) in [6.07, 6.45) is 1.57. The molecule has 1 rings (SSSR count). The number of rotatable bonds is 3. The first-order valence-corrected chi connectivity index (χ1v) is 7.05. The van der Waals surface area contributed by atoms with Crippen LogP contribution in [0.3, 0.4) is 0 Å². The maximum absolute atomic E-state index is 10.7. The van der Waals surface area contributed by atoms with Crippen molar-refractivity contribution >= 4 is 31.1 Å². The zero-order valence-electron chi connectivity index (χ0n) is 7.32. The van der Waals surface area contributed by atoms with Crippen molar-refractivity contribution in [2.45, 2.75) is 25.5 Å². The largest absolute Gasteiger partial charge is 0.249 e. The second kappa shape index (κ2) is 3.94. The molecule has 0 radical (unpaired) electrons. The van der Waals surface area contributed by atoms with Crippen molar-refractivity contribution in [3.8, 4) is 0 Å². The summed E-state index contributed by atoms with van der Waals surface area (Å²) in [6.45, 7) is 4.02. The number of hydrogen-bond donors (Lipinski definition) is 0. The topological polar surface area (TPSA) is 47.0 Å². The van der Waals surface area contributed by atoms with Gasteiger partial charge in [-0.25, -0.2) is 13.4 Å². The third kappa shape index (κ3) is 3.62. The lowest BCUT2D eigenvalue weighted by atomic mass is 10.2. The minimum Gasteiger partial charge on any atom is -0.249 e. The first kappa shape index (κ1) is 10.9. The van der Waals surface area contributed by atoms with E-state index in [0.717, 1.165) is 5.01 Å². The summed E-state index contributed by atoms with van der Waals surface area (Å²) in [5.41, 5.74) is 0. The molecule has 0 spiro atoms. The fourth-order valence-electron chi connectivity index (χ4n) is 0.826. The van der Waals surface area contributed by atoms with Gasteiger partial charge in [0.1, 0.15) is 5.75 Å². The van der Waals surface area contributed by atoms with Gasteiger partial charge in [-0.05, 0) is 0 Å². The van der Waals surface area contributed by atoms with E-state index in [1.54, 1.807) is 6.20 Å². The highest BCUT2D eigenvalue weighted by molar-refractivity contribution is 8.13. The third-order valence-electron chi connectivity index (χ3n) is 1.38. The van der Waals surface area contributed by atoms with E-state index >= 15 is 0 Å². The highest BCUT2D eigenvalue weighted by Crippen LogP contribution is 2.23. The molecule has 3 nitrogen and oxygen atoms in total. The van der Waals surface area contributed by atoms with Crippen LogP contribution in [0.4, 0.5) is 0 Å². The zero-order valence-corrected chi connectivity index (χ0v) is 9.71. The molecule has 0 unspecified atom stereocenters. The third-order valence-corrected chi connectivity index (χ3v) is 3.84. The van der Waals surface area contributed by atoms with E-state index in [1.165, 1.54) is 11.3 Å². The van der Waals surface area contributed by atoms with Crippen LogP contribution < -0.4 is 0 Å². The fourth-order valence-corrected chi connectivity index (χ4v) is 3.20. The summed E-state index contributed by atoms with van der Waals surface area (Å²) in [6, 6.07) is 0. The van der Waals surface area contributed by atoms with Gasteiger partial charge in [-0.2, -0.15) is 0 Å². The maximum Gasteiger partial charge on any atom is 0.237 e. The molecule has 0 bridgehead atoms. The predicted octanol–water partition coefficient (Wildman–Crippen LogP) is 2.34. The lowest BCUT2D eigenvalue weighted by Crippen LogP contribution is -1.91. The van der Waals surface area contributed by atoms with Crippen molar-refractivity contribution in [2.75, 3.05) is 0 Å². The molecular weight excluding hydrogens is 230 g/mol. The Labute approximate surface area is 86.2 Å². The van der Waals surface area contributed by atoms with Crippen molar-refractivity contribution in [3.63, 3.8) is 0 Å². The number of nitrogens with zero attached hydrogens (tertiary/aromatic N) is 1. The molecule has 0 amide bonds. The number of hydrogen-bond acceptors (Lipinski definition) is 4. The summed E-state index contributed by atoms with van der Waals surface area (Å²) >= 11 is 1.39. The molecule has 0 aliphatic carbocycles. The van der Waals surface area contributed by atoms with Crippen molar-refractivity contribution in [1.29, 1.82) is 0 Å². The lowest BCUT2D eigenvalue weighted by Gasteiger charge is -1.95. The molecule has 0 saturated heterocycles. The van der Waals surface area contributed by atoms with Crippen LogP contribution in [-0.4, -0.2) is 13.4 Å². The summed E-state index contributed by atoms with van der Waals surface area (Å²) in [5, 5.41) is 0.940.